The molecule has 1 spiro atoms. The number of halogens is 1. The first-order valence-corrected chi connectivity index (χ1v) is 8.86. The van der Waals surface area contributed by atoms with Gasteiger partial charge in [0.15, 0.2) is 0 Å². The van der Waals surface area contributed by atoms with Gasteiger partial charge in [-0.1, -0.05) is 30.3 Å². The molecule has 24 heavy (non-hydrogen) atoms. The van der Waals surface area contributed by atoms with Crippen LogP contribution >= 0.6 is 12.4 Å². The van der Waals surface area contributed by atoms with Gasteiger partial charge in [-0.05, 0) is 43.7 Å². The number of benzene rings is 1. The predicted molar refractivity (Wildman–Crippen MR) is 100 cm³/mol. The van der Waals surface area contributed by atoms with Gasteiger partial charge in [-0.25, -0.2) is 0 Å². The maximum atomic E-state index is 12.2. The Morgan fingerprint density at radius 2 is 1.79 bits per heavy atom. The summed E-state index contributed by atoms with van der Waals surface area (Å²) in [7, 11) is 0. The van der Waals surface area contributed by atoms with Crippen molar-refractivity contribution in [3.63, 3.8) is 0 Å². The number of carbonyl (C=O) groups is 1. The molecule has 2 fully saturated rings. The van der Waals surface area contributed by atoms with Gasteiger partial charge in [0.25, 0.3) is 0 Å². The van der Waals surface area contributed by atoms with E-state index in [-0.39, 0.29) is 24.4 Å². The smallest absolute Gasteiger partial charge is 0.224 e. The molecule has 1 aromatic rings. The zero-order valence-corrected chi connectivity index (χ0v) is 15.4. The van der Waals surface area contributed by atoms with Crippen molar-refractivity contribution in [2.75, 3.05) is 26.2 Å². The third kappa shape index (κ3) is 4.71. The van der Waals surface area contributed by atoms with Crippen LogP contribution < -0.4 is 5.73 Å². The van der Waals surface area contributed by atoms with Crippen LogP contribution in [-0.4, -0.2) is 47.9 Å². The Balaban J connectivity index is 0.00000208. The number of nitrogens with zero attached hydrogens (tertiary/aromatic N) is 2. The molecule has 2 aliphatic heterocycles. The van der Waals surface area contributed by atoms with Crippen LogP contribution in [0.25, 0.3) is 0 Å². The van der Waals surface area contributed by atoms with Crippen molar-refractivity contribution in [3.05, 3.63) is 35.9 Å². The van der Waals surface area contributed by atoms with Gasteiger partial charge in [-0.3, -0.25) is 9.69 Å². The van der Waals surface area contributed by atoms with E-state index in [1.54, 1.807) is 0 Å². The first-order valence-electron chi connectivity index (χ1n) is 8.86. The fraction of sp³-hybridized carbons (Fsp3) is 0.632. The number of hydrogen-bond donors (Lipinski definition) is 1. The largest absolute Gasteiger partial charge is 0.343 e. The van der Waals surface area contributed by atoms with Gasteiger partial charge in [-0.2, -0.15) is 0 Å². The van der Waals surface area contributed by atoms with E-state index in [0.29, 0.717) is 11.8 Å². The van der Waals surface area contributed by atoms with Crippen LogP contribution in [0.15, 0.2) is 30.3 Å². The lowest BCUT2D eigenvalue weighted by atomic mass is 9.77. The van der Waals surface area contributed by atoms with Crippen molar-refractivity contribution in [1.82, 2.24) is 9.80 Å². The zero-order valence-electron chi connectivity index (χ0n) is 14.6. The highest BCUT2D eigenvalue weighted by atomic mass is 35.5. The van der Waals surface area contributed by atoms with E-state index in [2.05, 4.69) is 35.2 Å². The van der Waals surface area contributed by atoms with Crippen molar-refractivity contribution < 1.29 is 4.79 Å². The molecule has 0 aliphatic carbocycles. The van der Waals surface area contributed by atoms with E-state index in [1.165, 1.54) is 25.1 Å². The molecule has 3 rings (SSSR count). The normalized spacial score (nSPS) is 21.5. The summed E-state index contributed by atoms with van der Waals surface area (Å²) in [5.74, 6) is 0.231. The SMILES string of the molecule is CC(N)CC(=O)N1CCC2(CCN(Cc3ccccc3)C2)CC1.Cl. The second kappa shape index (κ2) is 8.32. The zero-order chi connectivity index (χ0) is 16.3. The Labute approximate surface area is 151 Å². The minimum atomic E-state index is -0.0359. The van der Waals surface area contributed by atoms with Gasteiger partial charge >= 0.3 is 0 Å². The average molecular weight is 352 g/mol. The molecule has 0 aromatic heterocycles. The number of rotatable bonds is 4. The maximum absolute atomic E-state index is 12.2. The van der Waals surface area contributed by atoms with Gasteiger partial charge in [0.05, 0.1) is 0 Å². The van der Waals surface area contributed by atoms with E-state index in [0.717, 1.165) is 32.5 Å². The van der Waals surface area contributed by atoms with E-state index in [1.807, 2.05) is 11.8 Å². The number of amides is 1. The summed E-state index contributed by atoms with van der Waals surface area (Å²) in [6.07, 6.45) is 4.04. The minimum Gasteiger partial charge on any atom is -0.343 e. The van der Waals surface area contributed by atoms with Crippen molar-refractivity contribution in [1.29, 1.82) is 0 Å². The van der Waals surface area contributed by atoms with Crippen molar-refractivity contribution in [3.8, 4) is 0 Å². The third-order valence-corrected chi connectivity index (χ3v) is 5.44. The van der Waals surface area contributed by atoms with Gasteiger partial charge < -0.3 is 10.6 Å². The van der Waals surface area contributed by atoms with Crippen molar-refractivity contribution >= 4 is 18.3 Å². The molecule has 1 aromatic carbocycles. The van der Waals surface area contributed by atoms with Crippen LogP contribution in [0.1, 0.15) is 38.2 Å². The second-order valence-corrected chi connectivity index (χ2v) is 7.51. The van der Waals surface area contributed by atoms with Gasteiger partial charge in [0.2, 0.25) is 5.91 Å². The van der Waals surface area contributed by atoms with Crippen LogP contribution in [-0.2, 0) is 11.3 Å². The molecule has 0 saturated carbocycles. The van der Waals surface area contributed by atoms with Crippen LogP contribution in [0.4, 0.5) is 0 Å². The second-order valence-electron chi connectivity index (χ2n) is 7.51. The molecule has 2 heterocycles. The Bertz CT molecular complexity index is 527. The summed E-state index contributed by atoms with van der Waals surface area (Å²) < 4.78 is 0. The summed E-state index contributed by atoms with van der Waals surface area (Å²) in [6, 6.07) is 10.7. The topological polar surface area (TPSA) is 49.6 Å². The molecule has 2 saturated heterocycles. The van der Waals surface area contributed by atoms with Crippen LogP contribution in [0.3, 0.4) is 0 Å². The first kappa shape index (κ1) is 19.2. The number of hydrogen-bond acceptors (Lipinski definition) is 3. The highest BCUT2D eigenvalue weighted by Crippen LogP contribution is 2.40. The molecule has 1 amide bonds. The van der Waals surface area contributed by atoms with Crippen molar-refractivity contribution in [2.45, 2.75) is 45.2 Å². The molecule has 2 aliphatic rings. The maximum Gasteiger partial charge on any atom is 0.224 e. The highest BCUT2D eigenvalue weighted by molar-refractivity contribution is 5.85. The van der Waals surface area contributed by atoms with Crippen LogP contribution in [0.2, 0.25) is 0 Å². The van der Waals surface area contributed by atoms with Crippen LogP contribution in [0, 0.1) is 5.41 Å². The Hall–Kier alpha value is -1.10. The number of nitrogens with two attached hydrogens (primary N) is 1. The number of carbonyl (C=O) groups excluding carboxylic acids is 1. The molecule has 0 radical (unpaired) electrons. The Kier molecular flexibility index (Phi) is 6.67. The average Bonchev–Trinajstić information content (AvgIpc) is 2.91. The summed E-state index contributed by atoms with van der Waals surface area (Å²) >= 11 is 0. The van der Waals surface area contributed by atoms with Gasteiger partial charge in [-0.15, -0.1) is 12.4 Å². The van der Waals surface area contributed by atoms with Gasteiger partial charge in [0.1, 0.15) is 0 Å². The lowest BCUT2D eigenvalue weighted by Gasteiger charge is -2.39. The summed E-state index contributed by atoms with van der Waals surface area (Å²) in [4.78, 5) is 16.8. The molecular formula is C19H30ClN3O. The lowest BCUT2D eigenvalue weighted by Crippen LogP contribution is -2.45. The Morgan fingerprint density at radius 3 is 2.42 bits per heavy atom. The summed E-state index contributed by atoms with van der Waals surface area (Å²) in [5, 5.41) is 0. The van der Waals surface area contributed by atoms with Crippen LogP contribution in [0.5, 0.6) is 0 Å². The molecule has 1 unspecified atom stereocenters. The fourth-order valence-electron chi connectivity index (χ4n) is 4.05. The minimum absolute atomic E-state index is 0. The quantitative estimate of drug-likeness (QED) is 0.907. The molecule has 2 N–H and O–H groups in total. The monoisotopic (exact) mass is 351 g/mol. The number of likely N-dealkylation sites (tertiary alicyclic amines) is 2. The number of piperidine rings is 1. The molecule has 1 atom stereocenters. The summed E-state index contributed by atoms with van der Waals surface area (Å²) in [5.41, 5.74) is 7.58. The molecule has 5 heteroatoms. The molecular weight excluding hydrogens is 322 g/mol. The van der Waals surface area contributed by atoms with E-state index in [4.69, 9.17) is 5.73 Å². The first-order chi connectivity index (χ1) is 11.1. The third-order valence-electron chi connectivity index (χ3n) is 5.44. The molecule has 0 bridgehead atoms. The molecule has 4 nitrogen and oxygen atoms in total. The predicted octanol–water partition coefficient (Wildman–Crippen LogP) is 2.66. The summed E-state index contributed by atoms with van der Waals surface area (Å²) in [6.45, 7) is 7.13. The standard InChI is InChI=1S/C19H29N3O.ClH/c1-16(20)13-18(23)22-11-8-19(9-12-22)7-10-21(15-19)14-17-5-3-2-4-6-17;/h2-6,16H,7-15,20H2,1H3;1H. The lowest BCUT2D eigenvalue weighted by molar-refractivity contribution is -0.133. The highest BCUT2D eigenvalue weighted by Gasteiger charge is 2.41. The van der Waals surface area contributed by atoms with E-state index >= 15 is 0 Å². The van der Waals surface area contributed by atoms with Crippen molar-refractivity contribution in [2.24, 2.45) is 11.1 Å². The van der Waals surface area contributed by atoms with E-state index in [9.17, 15) is 4.79 Å². The van der Waals surface area contributed by atoms with E-state index < -0.39 is 0 Å². The molecule has 134 valence electrons. The Morgan fingerprint density at radius 1 is 1.17 bits per heavy atom. The van der Waals surface area contributed by atoms with Gasteiger partial charge in [0, 0.05) is 38.6 Å². The fourth-order valence-corrected chi connectivity index (χ4v) is 4.05.